The van der Waals surface area contributed by atoms with Gasteiger partial charge < -0.3 is 15.6 Å². The van der Waals surface area contributed by atoms with Gasteiger partial charge in [-0.3, -0.25) is 9.59 Å². The molecule has 2 aromatic rings. The normalized spacial score (nSPS) is 12.3. The summed E-state index contributed by atoms with van der Waals surface area (Å²) in [6, 6.07) is 9.61. The van der Waals surface area contributed by atoms with Crippen molar-refractivity contribution < 1.29 is 14.0 Å². The fraction of sp³-hybridized carbons (Fsp3) is 0.348. The van der Waals surface area contributed by atoms with Gasteiger partial charge in [-0.15, -0.1) is 0 Å². The lowest BCUT2D eigenvalue weighted by Crippen LogP contribution is -2.37. The Morgan fingerprint density at radius 3 is 2.53 bits per heavy atom. The Balaban J connectivity index is 2.11. The van der Waals surface area contributed by atoms with Crippen LogP contribution < -0.4 is 11.1 Å². The summed E-state index contributed by atoms with van der Waals surface area (Å²) in [5.74, 6) is -2.19. The molecule has 0 aliphatic carbocycles. The number of hydrogen-bond donors (Lipinski definition) is 2. The van der Waals surface area contributed by atoms with Crippen molar-refractivity contribution in [1.29, 1.82) is 5.26 Å². The number of nitriles is 1. The minimum atomic E-state index is -0.672. The molecule has 3 N–H and O–H groups in total. The van der Waals surface area contributed by atoms with Crippen LogP contribution in [0.25, 0.3) is 6.08 Å². The number of nitrogens with two attached hydrogens (primary N) is 1. The largest absolute Gasteiger partial charge is 0.369 e. The van der Waals surface area contributed by atoms with Crippen LogP contribution in [0, 0.1) is 36.9 Å². The smallest absolute Gasteiger partial charge is 0.261 e. The molecule has 0 saturated carbocycles. The topological polar surface area (TPSA) is 101 Å². The number of aryl methyl sites for hydroxylation is 1. The molecule has 158 valence electrons. The molecular weight excluding hydrogens is 383 g/mol. The second-order valence-electron chi connectivity index (χ2n) is 7.29. The van der Waals surface area contributed by atoms with E-state index >= 15 is 0 Å². The molecule has 1 unspecified atom stereocenters. The standard InChI is InChI=1S/C23H27FN4O2/c1-4-9-28-15(2)10-18(16(28)3)12-19(13-25)23(30)27-14-20(22(26)29)11-17-5-7-21(24)8-6-17/h5-8,10,12,20H,4,9,11,14H2,1-3H3,(H2,26,29)(H,27,30)/b19-12+. The molecule has 7 heteroatoms. The van der Waals surface area contributed by atoms with E-state index in [2.05, 4.69) is 16.8 Å². The SMILES string of the molecule is CCCn1c(C)cc(/C=C(\C#N)C(=O)NCC(Cc2ccc(F)cc2)C(N)=O)c1C. The molecule has 1 heterocycles. The monoisotopic (exact) mass is 410 g/mol. The van der Waals surface area contributed by atoms with Crippen molar-refractivity contribution in [3.63, 3.8) is 0 Å². The van der Waals surface area contributed by atoms with Crippen molar-refractivity contribution in [3.05, 3.63) is 64.2 Å². The summed E-state index contributed by atoms with van der Waals surface area (Å²) in [6.07, 6.45) is 2.80. The molecule has 6 nitrogen and oxygen atoms in total. The molecule has 1 aromatic heterocycles. The molecule has 0 saturated heterocycles. The molecule has 0 aliphatic rings. The molecular formula is C23H27FN4O2. The van der Waals surface area contributed by atoms with E-state index in [0.717, 1.165) is 35.5 Å². The second-order valence-corrected chi connectivity index (χ2v) is 7.29. The first-order valence-electron chi connectivity index (χ1n) is 9.87. The molecule has 1 aromatic carbocycles. The lowest BCUT2D eigenvalue weighted by Gasteiger charge is -2.14. The minimum absolute atomic E-state index is 0.0145. The maximum atomic E-state index is 13.1. The molecule has 0 radical (unpaired) electrons. The van der Waals surface area contributed by atoms with Crippen LogP contribution in [0.5, 0.6) is 0 Å². The van der Waals surface area contributed by atoms with Crippen LogP contribution in [0.1, 0.15) is 35.9 Å². The van der Waals surface area contributed by atoms with E-state index in [0.29, 0.717) is 0 Å². The van der Waals surface area contributed by atoms with Gasteiger partial charge in [0.1, 0.15) is 17.5 Å². The third kappa shape index (κ3) is 5.80. The minimum Gasteiger partial charge on any atom is -0.369 e. The van der Waals surface area contributed by atoms with Gasteiger partial charge in [-0.25, -0.2) is 4.39 Å². The third-order valence-electron chi connectivity index (χ3n) is 5.03. The van der Waals surface area contributed by atoms with Gasteiger partial charge in [0.25, 0.3) is 5.91 Å². The van der Waals surface area contributed by atoms with Crippen LogP contribution in [-0.4, -0.2) is 22.9 Å². The molecule has 30 heavy (non-hydrogen) atoms. The van der Waals surface area contributed by atoms with Crippen LogP contribution in [0.3, 0.4) is 0 Å². The van der Waals surface area contributed by atoms with Gasteiger partial charge in [0.2, 0.25) is 5.91 Å². The molecule has 0 aliphatic heterocycles. The maximum Gasteiger partial charge on any atom is 0.261 e. The fourth-order valence-electron chi connectivity index (χ4n) is 3.34. The average Bonchev–Trinajstić information content (AvgIpc) is 2.97. The Morgan fingerprint density at radius 2 is 1.97 bits per heavy atom. The number of nitrogens with zero attached hydrogens (tertiary/aromatic N) is 2. The number of halogens is 1. The van der Waals surface area contributed by atoms with Crippen molar-refractivity contribution in [2.24, 2.45) is 11.7 Å². The van der Waals surface area contributed by atoms with Gasteiger partial charge in [-0.05, 0) is 62.1 Å². The number of carbonyl (C=O) groups excluding carboxylic acids is 2. The van der Waals surface area contributed by atoms with E-state index in [1.807, 2.05) is 26.0 Å². The zero-order valence-corrected chi connectivity index (χ0v) is 17.5. The van der Waals surface area contributed by atoms with Crippen molar-refractivity contribution in [3.8, 4) is 6.07 Å². The number of hydrogen-bond acceptors (Lipinski definition) is 3. The first-order chi connectivity index (χ1) is 14.3. The maximum absolute atomic E-state index is 13.1. The second kappa shape index (κ2) is 10.4. The number of rotatable bonds is 9. The predicted molar refractivity (Wildman–Crippen MR) is 114 cm³/mol. The summed E-state index contributed by atoms with van der Waals surface area (Å²) in [5.41, 5.74) is 9.00. The summed E-state index contributed by atoms with van der Waals surface area (Å²) in [6.45, 7) is 6.87. The van der Waals surface area contributed by atoms with Gasteiger partial charge in [-0.2, -0.15) is 5.26 Å². The number of benzene rings is 1. The highest BCUT2D eigenvalue weighted by molar-refractivity contribution is 6.02. The number of primary amides is 1. The van der Waals surface area contributed by atoms with Gasteiger partial charge in [0.05, 0.1) is 5.92 Å². The van der Waals surface area contributed by atoms with Crippen LogP contribution in [0.15, 0.2) is 35.9 Å². The highest BCUT2D eigenvalue weighted by Crippen LogP contribution is 2.19. The Hall–Kier alpha value is -3.40. The van der Waals surface area contributed by atoms with Crippen LogP contribution in [-0.2, 0) is 22.6 Å². The quantitative estimate of drug-likeness (QED) is 0.491. The number of amides is 2. The Kier molecular flexibility index (Phi) is 7.93. The Bertz CT molecular complexity index is 984. The van der Waals surface area contributed by atoms with Gasteiger partial charge in [0.15, 0.2) is 0 Å². The summed E-state index contributed by atoms with van der Waals surface area (Å²) in [4.78, 5) is 24.3. The molecule has 0 fully saturated rings. The van der Waals surface area contributed by atoms with E-state index in [4.69, 9.17) is 5.73 Å². The summed E-state index contributed by atoms with van der Waals surface area (Å²) < 4.78 is 15.2. The van der Waals surface area contributed by atoms with Crippen LogP contribution in [0.4, 0.5) is 4.39 Å². The van der Waals surface area contributed by atoms with Crippen molar-refractivity contribution in [2.75, 3.05) is 6.54 Å². The van der Waals surface area contributed by atoms with Crippen molar-refractivity contribution in [1.82, 2.24) is 9.88 Å². The highest BCUT2D eigenvalue weighted by atomic mass is 19.1. The summed E-state index contributed by atoms with van der Waals surface area (Å²) in [7, 11) is 0. The lowest BCUT2D eigenvalue weighted by atomic mass is 9.98. The van der Waals surface area contributed by atoms with Gasteiger partial charge in [0, 0.05) is 24.5 Å². The Labute approximate surface area is 176 Å². The zero-order valence-electron chi connectivity index (χ0n) is 17.5. The molecule has 0 spiro atoms. The molecule has 0 bridgehead atoms. The highest BCUT2D eigenvalue weighted by Gasteiger charge is 2.19. The lowest BCUT2D eigenvalue weighted by molar-refractivity contribution is -0.122. The zero-order chi connectivity index (χ0) is 22.3. The molecule has 2 rings (SSSR count). The van der Waals surface area contributed by atoms with Gasteiger partial charge in [-0.1, -0.05) is 19.1 Å². The third-order valence-corrected chi connectivity index (χ3v) is 5.03. The van der Waals surface area contributed by atoms with Crippen molar-refractivity contribution >= 4 is 17.9 Å². The number of nitrogens with one attached hydrogen (secondary N) is 1. The number of carbonyl (C=O) groups is 2. The molecule has 2 amide bonds. The van der Waals surface area contributed by atoms with E-state index in [1.165, 1.54) is 12.1 Å². The van der Waals surface area contributed by atoms with Gasteiger partial charge >= 0.3 is 0 Å². The fourth-order valence-corrected chi connectivity index (χ4v) is 3.34. The van der Waals surface area contributed by atoms with E-state index in [9.17, 15) is 19.2 Å². The predicted octanol–water partition coefficient (Wildman–Crippen LogP) is 3.02. The Morgan fingerprint density at radius 1 is 1.30 bits per heavy atom. The van der Waals surface area contributed by atoms with Crippen LogP contribution >= 0.6 is 0 Å². The van der Waals surface area contributed by atoms with E-state index < -0.39 is 17.7 Å². The van der Waals surface area contributed by atoms with E-state index in [-0.39, 0.29) is 24.4 Å². The molecule has 1 atom stereocenters. The van der Waals surface area contributed by atoms with Crippen LogP contribution in [0.2, 0.25) is 0 Å². The van der Waals surface area contributed by atoms with E-state index in [1.54, 1.807) is 18.2 Å². The van der Waals surface area contributed by atoms with Crippen molar-refractivity contribution in [2.45, 2.75) is 40.2 Å². The summed E-state index contributed by atoms with van der Waals surface area (Å²) >= 11 is 0. The summed E-state index contributed by atoms with van der Waals surface area (Å²) in [5, 5.41) is 12.1. The first-order valence-corrected chi connectivity index (χ1v) is 9.87. The number of aromatic nitrogens is 1. The average molecular weight is 410 g/mol. The first kappa shape index (κ1) is 22.9.